The van der Waals surface area contributed by atoms with Gasteiger partial charge in [0, 0.05) is 23.3 Å². The van der Waals surface area contributed by atoms with Crippen molar-refractivity contribution >= 4 is 28.9 Å². The predicted molar refractivity (Wildman–Crippen MR) is 135 cm³/mol. The van der Waals surface area contributed by atoms with Gasteiger partial charge in [-0.1, -0.05) is 46.4 Å². The zero-order valence-electron chi connectivity index (χ0n) is 20.6. The fraction of sp³-hybridized carbons (Fsp3) is 0.357. The van der Waals surface area contributed by atoms with Gasteiger partial charge < -0.3 is 4.74 Å². The van der Waals surface area contributed by atoms with E-state index in [1.807, 2.05) is 71.2 Å². The van der Waals surface area contributed by atoms with Crippen molar-refractivity contribution in [2.75, 3.05) is 0 Å². The molecule has 2 aromatic carbocycles. The van der Waals surface area contributed by atoms with Crippen LogP contribution in [0.3, 0.4) is 0 Å². The molecule has 1 unspecified atom stereocenters. The Morgan fingerprint density at radius 2 is 1.74 bits per heavy atom. The van der Waals surface area contributed by atoms with Crippen LogP contribution in [0.2, 0.25) is 0 Å². The van der Waals surface area contributed by atoms with E-state index in [1.54, 1.807) is 0 Å². The zero-order valence-corrected chi connectivity index (χ0v) is 21.4. The number of Topliss-reactive ketones (excluding diaryl/α,β-unsaturated/α-hetero) is 1. The molecule has 1 atom stereocenters. The molecule has 1 aliphatic rings. The first-order valence-electron chi connectivity index (χ1n) is 11.5. The van der Waals surface area contributed by atoms with Crippen molar-refractivity contribution in [1.29, 1.82) is 0 Å². The van der Waals surface area contributed by atoms with Crippen LogP contribution in [-0.4, -0.2) is 21.3 Å². The molecule has 0 radical (unpaired) electrons. The molecule has 4 rings (SSSR count). The van der Waals surface area contributed by atoms with Crippen molar-refractivity contribution in [3.63, 3.8) is 0 Å². The summed E-state index contributed by atoms with van der Waals surface area (Å²) >= 11 is 1.32. The molecule has 0 fully saturated rings. The molecule has 5 nitrogen and oxygen atoms in total. The molecule has 0 aliphatic heterocycles. The molecular weight excluding hydrogens is 444 g/mol. The number of benzene rings is 2. The standard InChI is InChI=1S/C28H30N2O3S/c1-16-11-17(2)24(18(3)12-16)25-23(33-27(32)28(4,5)6)14-21(26(25)31)13-19-7-9-20(10-8-19)22-15-34-30-29-22/h7-12,15,21H,13-14H2,1-6H3. The molecule has 1 aliphatic carbocycles. The van der Waals surface area contributed by atoms with Gasteiger partial charge in [-0.2, -0.15) is 0 Å². The monoisotopic (exact) mass is 474 g/mol. The van der Waals surface area contributed by atoms with Gasteiger partial charge in [0.2, 0.25) is 0 Å². The van der Waals surface area contributed by atoms with Crippen LogP contribution in [0.5, 0.6) is 0 Å². The number of rotatable bonds is 5. The Kier molecular flexibility index (Phi) is 6.54. The van der Waals surface area contributed by atoms with Crippen LogP contribution >= 0.6 is 11.5 Å². The van der Waals surface area contributed by atoms with Gasteiger partial charge in [0.15, 0.2) is 5.78 Å². The normalized spacial score (nSPS) is 16.3. The van der Waals surface area contributed by atoms with E-state index in [9.17, 15) is 9.59 Å². The van der Waals surface area contributed by atoms with E-state index in [-0.39, 0.29) is 17.7 Å². The summed E-state index contributed by atoms with van der Waals surface area (Å²) in [6.45, 7) is 11.5. The van der Waals surface area contributed by atoms with Gasteiger partial charge in [-0.05, 0) is 81.7 Å². The summed E-state index contributed by atoms with van der Waals surface area (Å²) in [5.41, 5.74) is 6.88. The third kappa shape index (κ3) is 4.87. The number of ketones is 1. The Bertz CT molecular complexity index is 1240. The first-order valence-corrected chi connectivity index (χ1v) is 12.3. The van der Waals surface area contributed by atoms with Crippen LogP contribution in [0.25, 0.3) is 16.8 Å². The summed E-state index contributed by atoms with van der Waals surface area (Å²) in [5, 5.41) is 6.02. The number of carbonyl (C=O) groups excluding carboxylic acids is 2. The highest BCUT2D eigenvalue weighted by molar-refractivity contribution is 7.03. The van der Waals surface area contributed by atoms with E-state index in [2.05, 4.69) is 21.7 Å². The predicted octanol–water partition coefficient (Wildman–Crippen LogP) is 6.26. The molecule has 176 valence electrons. The summed E-state index contributed by atoms with van der Waals surface area (Å²) in [6, 6.07) is 12.2. The quantitative estimate of drug-likeness (QED) is 0.408. The van der Waals surface area contributed by atoms with Crippen LogP contribution < -0.4 is 0 Å². The van der Waals surface area contributed by atoms with E-state index < -0.39 is 5.41 Å². The lowest BCUT2D eigenvalue weighted by Gasteiger charge is -2.18. The fourth-order valence-electron chi connectivity index (χ4n) is 4.51. The highest BCUT2D eigenvalue weighted by Crippen LogP contribution is 2.41. The SMILES string of the molecule is Cc1cc(C)c(C2=C(OC(=O)C(C)(C)C)CC(Cc3ccc(-c4csnn4)cc3)C2=O)c(C)c1. The molecule has 0 amide bonds. The smallest absolute Gasteiger partial charge is 0.316 e. The van der Waals surface area contributed by atoms with E-state index >= 15 is 0 Å². The van der Waals surface area contributed by atoms with Crippen LogP contribution in [0.15, 0.2) is 47.5 Å². The number of aryl methyl sites for hydroxylation is 3. The van der Waals surface area contributed by atoms with E-state index in [4.69, 9.17) is 4.74 Å². The molecule has 1 heterocycles. The second-order valence-corrected chi connectivity index (χ2v) is 10.8. The Morgan fingerprint density at radius 1 is 1.09 bits per heavy atom. The number of hydrogen-bond acceptors (Lipinski definition) is 6. The van der Waals surface area contributed by atoms with Crippen molar-refractivity contribution < 1.29 is 14.3 Å². The minimum atomic E-state index is -0.656. The Labute approximate surface area is 205 Å². The lowest BCUT2D eigenvalue weighted by Crippen LogP contribution is -2.22. The molecule has 34 heavy (non-hydrogen) atoms. The summed E-state index contributed by atoms with van der Waals surface area (Å²) in [5.74, 6) is -0.0589. The summed E-state index contributed by atoms with van der Waals surface area (Å²) in [4.78, 5) is 26.5. The van der Waals surface area contributed by atoms with Crippen molar-refractivity contribution in [3.05, 3.63) is 75.4 Å². The van der Waals surface area contributed by atoms with E-state index in [0.29, 0.717) is 24.2 Å². The highest BCUT2D eigenvalue weighted by atomic mass is 32.1. The number of ether oxygens (including phenoxy) is 1. The van der Waals surface area contributed by atoms with Crippen LogP contribution in [-0.2, 0) is 20.7 Å². The summed E-state index contributed by atoms with van der Waals surface area (Å²) < 4.78 is 9.82. The summed E-state index contributed by atoms with van der Waals surface area (Å²) in [6.07, 6.45) is 0.999. The molecule has 0 saturated carbocycles. The third-order valence-corrected chi connectivity index (χ3v) is 6.68. The lowest BCUT2D eigenvalue weighted by molar-refractivity contribution is -0.148. The Hall–Kier alpha value is -3.12. The number of allylic oxidation sites excluding steroid dienone is 2. The van der Waals surface area contributed by atoms with Gasteiger partial charge in [-0.25, -0.2) is 0 Å². The second-order valence-electron chi connectivity index (χ2n) is 10.2. The Balaban J connectivity index is 1.65. The van der Waals surface area contributed by atoms with Crippen LogP contribution in [0, 0.1) is 32.1 Å². The molecule has 0 N–H and O–H groups in total. The molecule has 6 heteroatoms. The molecule has 0 saturated heterocycles. The second kappa shape index (κ2) is 9.26. The lowest BCUT2D eigenvalue weighted by atomic mass is 9.89. The number of hydrogen-bond donors (Lipinski definition) is 0. The maximum Gasteiger partial charge on any atom is 0.316 e. The molecule has 0 spiro atoms. The largest absolute Gasteiger partial charge is 0.430 e. The first-order chi connectivity index (χ1) is 16.0. The first kappa shape index (κ1) is 24.0. The van der Waals surface area contributed by atoms with Gasteiger partial charge in [0.1, 0.15) is 11.5 Å². The van der Waals surface area contributed by atoms with Crippen molar-refractivity contribution in [3.8, 4) is 11.3 Å². The number of carbonyl (C=O) groups is 2. The number of nitrogens with zero attached hydrogens (tertiary/aromatic N) is 2. The van der Waals surface area contributed by atoms with Gasteiger partial charge >= 0.3 is 5.97 Å². The average Bonchev–Trinajstić information content (AvgIpc) is 3.38. The molecule has 1 aromatic heterocycles. The summed E-state index contributed by atoms with van der Waals surface area (Å²) in [7, 11) is 0. The number of esters is 1. The minimum Gasteiger partial charge on any atom is -0.430 e. The number of aromatic nitrogens is 2. The van der Waals surface area contributed by atoms with Crippen LogP contribution in [0.4, 0.5) is 0 Å². The topological polar surface area (TPSA) is 69.2 Å². The maximum absolute atomic E-state index is 13.7. The van der Waals surface area contributed by atoms with E-state index in [0.717, 1.165) is 39.1 Å². The zero-order chi connectivity index (χ0) is 24.6. The van der Waals surface area contributed by atoms with Crippen molar-refractivity contribution in [2.45, 2.75) is 54.4 Å². The molecular formula is C28H30N2O3S. The Morgan fingerprint density at radius 3 is 2.29 bits per heavy atom. The van der Waals surface area contributed by atoms with Crippen LogP contribution in [0.1, 0.15) is 55.0 Å². The molecule has 3 aromatic rings. The van der Waals surface area contributed by atoms with Gasteiger partial charge in [-0.3, -0.25) is 9.59 Å². The van der Waals surface area contributed by atoms with Crippen molar-refractivity contribution in [1.82, 2.24) is 9.59 Å². The van der Waals surface area contributed by atoms with E-state index in [1.165, 1.54) is 11.5 Å². The molecule has 0 bridgehead atoms. The van der Waals surface area contributed by atoms with Gasteiger partial charge in [-0.15, -0.1) is 5.10 Å². The fourth-order valence-corrected chi connectivity index (χ4v) is 4.97. The highest BCUT2D eigenvalue weighted by Gasteiger charge is 2.38. The van der Waals surface area contributed by atoms with Gasteiger partial charge in [0.25, 0.3) is 0 Å². The third-order valence-electron chi connectivity index (χ3n) is 6.17. The van der Waals surface area contributed by atoms with Crippen molar-refractivity contribution in [2.24, 2.45) is 11.3 Å². The minimum absolute atomic E-state index is 0.0412. The average molecular weight is 475 g/mol. The van der Waals surface area contributed by atoms with Gasteiger partial charge in [0.05, 0.1) is 11.0 Å². The maximum atomic E-state index is 13.7.